The molecular formula is C14H20BrNS. The number of nitrogens with one attached hydrogen (secondary N) is 1. The van der Waals surface area contributed by atoms with Crippen molar-refractivity contribution in [3.8, 4) is 0 Å². The van der Waals surface area contributed by atoms with Crippen molar-refractivity contribution in [3.05, 3.63) is 28.2 Å². The summed E-state index contributed by atoms with van der Waals surface area (Å²) in [4.78, 5) is 1.36. The molecule has 1 fully saturated rings. The van der Waals surface area contributed by atoms with Crippen molar-refractivity contribution >= 4 is 27.7 Å². The number of hydrogen-bond donors (Lipinski definition) is 1. The van der Waals surface area contributed by atoms with E-state index in [9.17, 15) is 0 Å². The van der Waals surface area contributed by atoms with Crippen LogP contribution in [0.3, 0.4) is 0 Å². The van der Waals surface area contributed by atoms with Crippen molar-refractivity contribution in [2.24, 2.45) is 0 Å². The number of hydrogen-bond acceptors (Lipinski definition) is 2. The third-order valence-electron chi connectivity index (χ3n) is 3.13. The summed E-state index contributed by atoms with van der Waals surface area (Å²) >= 11 is 5.63. The highest BCUT2D eigenvalue weighted by molar-refractivity contribution is 9.10. The van der Waals surface area contributed by atoms with Gasteiger partial charge in [0.1, 0.15) is 0 Å². The first kappa shape index (κ1) is 13.4. The van der Waals surface area contributed by atoms with Gasteiger partial charge in [-0.15, -0.1) is 11.8 Å². The zero-order valence-corrected chi connectivity index (χ0v) is 12.9. The zero-order valence-electron chi connectivity index (χ0n) is 10.5. The maximum atomic E-state index is 3.71. The van der Waals surface area contributed by atoms with E-state index in [1.165, 1.54) is 27.8 Å². The molecule has 1 aromatic rings. The maximum Gasteiger partial charge on any atom is 0.0314 e. The lowest BCUT2D eigenvalue weighted by molar-refractivity contribution is 0.460. The SMILES string of the molecule is CC(C)Sc1ccc(C2CCNCC2)cc1Br. The summed E-state index contributed by atoms with van der Waals surface area (Å²) in [5.74, 6) is 0.741. The Hall–Kier alpha value is 0.01000. The average molecular weight is 314 g/mol. The van der Waals surface area contributed by atoms with Crippen molar-refractivity contribution in [1.29, 1.82) is 0 Å². The summed E-state index contributed by atoms with van der Waals surface area (Å²) in [7, 11) is 0. The van der Waals surface area contributed by atoms with Crippen LogP contribution in [-0.2, 0) is 0 Å². The van der Waals surface area contributed by atoms with Crippen LogP contribution in [0.1, 0.15) is 38.2 Å². The second-order valence-corrected chi connectivity index (χ2v) is 7.35. The van der Waals surface area contributed by atoms with Crippen molar-refractivity contribution in [2.75, 3.05) is 13.1 Å². The Balaban J connectivity index is 2.12. The van der Waals surface area contributed by atoms with E-state index >= 15 is 0 Å². The molecule has 2 rings (SSSR count). The average Bonchev–Trinajstić information content (AvgIpc) is 2.32. The monoisotopic (exact) mass is 313 g/mol. The Morgan fingerprint density at radius 2 is 2.00 bits per heavy atom. The van der Waals surface area contributed by atoms with Crippen molar-refractivity contribution in [2.45, 2.75) is 42.8 Å². The van der Waals surface area contributed by atoms with Crippen molar-refractivity contribution in [1.82, 2.24) is 5.32 Å². The molecule has 0 amide bonds. The van der Waals surface area contributed by atoms with Gasteiger partial charge in [-0.3, -0.25) is 0 Å². The van der Waals surface area contributed by atoms with E-state index in [-0.39, 0.29) is 0 Å². The molecule has 1 aliphatic rings. The highest BCUT2D eigenvalue weighted by Crippen LogP contribution is 2.34. The van der Waals surface area contributed by atoms with Gasteiger partial charge in [0.15, 0.2) is 0 Å². The summed E-state index contributed by atoms with van der Waals surface area (Å²) in [6, 6.07) is 6.90. The molecule has 0 unspecified atom stereocenters. The van der Waals surface area contributed by atoms with Crippen LogP contribution in [0.2, 0.25) is 0 Å². The fraction of sp³-hybridized carbons (Fsp3) is 0.571. The molecule has 1 N–H and O–H groups in total. The molecule has 94 valence electrons. The molecule has 1 aliphatic heterocycles. The van der Waals surface area contributed by atoms with Gasteiger partial charge in [-0.05, 0) is 65.5 Å². The molecule has 0 atom stereocenters. The highest BCUT2D eigenvalue weighted by atomic mass is 79.9. The summed E-state index contributed by atoms with van der Waals surface area (Å²) in [6.07, 6.45) is 2.53. The van der Waals surface area contributed by atoms with Gasteiger partial charge in [0.25, 0.3) is 0 Å². The first-order valence-electron chi connectivity index (χ1n) is 6.33. The molecule has 1 saturated heterocycles. The molecule has 1 nitrogen and oxygen atoms in total. The van der Waals surface area contributed by atoms with Gasteiger partial charge in [0.2, 0.25) is 0 Å². The summed E-state index contributed by atoms with van der Waals surface area (Å²) in [6.45, 7) is 6.78. The maximum absolute atomic E-state index is 3.71. The Bertz CT molecular complexity index is 372. The normalized spacial score (nSPS) is 17.6. The van der Waals surface area contributed by atoms with Crippen LogP contribution in [0.15, 0.2) is 27.6 Å². The number of piperidine rings is 1. The minimum absolute atomic E-state index is 0.635. The van der Waals surface area contributed by atoms with Gasteiger partial charge >= 0.3 is 0 Å². The minimum atomic E-state index is 0.635. The molecule has 1 heterocycles. The third kappa shape index (κ3) is 3.73. The second-order valence-electron chi connectivity index (χ2n) is 4.88. The molecular weight excluding hydrogens is 294 g/mol. The molecule has 3 heteroatoms. The summed E-state index contributed by atoms with van der Waals surface area (Å²) in [5, 5.41) is 4.06. The van der Waals surface area contributed by atoms with Crippen LogP contribution < -0.4 is 5.32 Å². The van der Waals surface area contributed by atoms with Crippen LogP contribution in [0, 0.1) is 0 Å². The van der Waals surface area contributed by atoms with Crippen LogP contribution >= 0.6 is 27.7 Å². The van der Waals surface area contributed by atoms with Crippen molar-refractivity contribution < 1.29 is 0 Å². The molecule has 0 bridgehead atoms. The Morgan fingerprint density at radius 1 is 1.29 bits per heavy atom. The largest absolute Gasteiger partial charge is 0.317 e. The Morgan fingerprint density at radius 3 is 2.59 bits per heavy atom. The van der Waals surface area contributed by atoms with E-state index in [0.717, 1.165) is 19.0 Å². The minimum Gasteiger partial charge on any atom is -0.317 e. The molecule has 0 aliphatic carbocycles. The topological polar surface area (TPSA) is 12.0 Å². The van der Waals surface area contributed by atoms with Crippen LogP contribution in [0.25, 0.3) is 0 Å². The number of thioether (sulfide) groups is 1. The van der Waals surface area contributed by atoms with Crippen LogP contribution in [0.5, 0.6) is 0 Å². The van der Waals surface area contributed by atoms with E-state index in [1.807, 2.05) is 11.8 Å². The van der Waals surface area contributed by atoms with Gasteiger partial charge in [-0.2, -0.15) is 0 Å². The van der Waals surface area contributed by atoms with Gasteiger partial charge in [-0.1, -0.05) is 19.9 Å². The summed E-state index contributed by atoms with van der Waals surface area (Å²) in [5.41, 5.74) is 1.49. The third-order valence-corrected chi connectivity index (χ3v) is 5.13. The highest BCUT2D eigenvalue weighted by Gasteiger charge is 2.16. The fourth-order valence-electron chi connectivity index (χ4n) is 2.28. The van der Waals surface area contributed by atoms with Gasteiger partial charge in [0, 0.05) is 14.6 Å². The number of halogens is 1. The molecule has 1 aromatic carbocycles. The predicted octanol–water partition coefficient (Wildman–Crippen LogP) is 4.42. The standard InChI is InChI=1S/C14H20BrNS/c1-10(2)17-14-4-3-12(9-13(14)15)11-5-7-16-8-6-11/h3-4,9-11,16H,5-8H2,1-2H3. The molecule has 0 radical (unpaired) electrons. The quantitative estimate of drug-likeness (QED) is 0.829. The molecule has 0 spiro atoms. The Labute approximate surface area is 117 Å². The lowest BCUT2D eigenvalue weighted by atomic mass is 9.90. The molecule has 0 aromatic heterocycles. The summed E-state index contributed by atoms with van der Waals surface area (Å²) < 4.78 is 1.26. The lowest BCUT2D eigenvalue weighted by Crippen LogP contribution is -2.26. The first-order valence-corrected chi connectivity index (χ1v) is 8.01. The van der Waals surface area contributed by atoms with Gasteiger partial charge in [0.05, 0.1) is 0 Å². The van der Waals surface area contributed by atoms with E-state index in [2.05, 4.69) is 53.3 Å². The van der Waals surface area contributed by atoms with Gasteiger partial charge < -0.3 is 5.32 Å². The second kappa shape index (κ2) is 6.26. The van der Waals surface area contributed by atoms with E-state index < -0.39 is 0 Å². The van der Waals surface area contributed by atoms with Gasteiger partial charge in [-0.25, -0.2) is 0 Å². The number of rotatable bonds is 3. The predicted molar refractivity (Wildman–Crippen MR) is 80.0 cm³/mol. The van der Waals surface area contributed by atoms with Crippen molar-refractivity contribution in [3.63, 3.8) is 0 Å². The smallest absolute Gasteiger partial charge is 0.0314 e. The lowest BCUT2D eigenvalue weighted by Gasteiger charge is -2.23. The Kier molecular flexibility index (Phi) is 4.95. The van der Waals surface area contributed by atoms with E-state index in [0.29, 0.717) is 5.25 Å². The fourth-order valence-corrected chi connectivity index (χ4v) is 3.78. The zero-order chi connectivity index (χ0) is 12.3. The van der Waals surface area contributed by atoms with Crippen LogP contribution in [-0.4, -0.2) is 18.3 Å². The number of benzene rings is 1. The first-order chi connectivity index (χ1) is 8.16. The van der Waals surface area contributed by atoms with E-state index in [4.69, 9.17) is 0 Å². The molecule has 17 heavy (non-hydrogen) atoms. The van der Waals surface area contributed by atoms with Crippen LogP contribution in [0.4, 0.5) is 0 Å². The van der Waals surface area contributed by atoms with E-state index in [1.54, 1.807) is 0 Å². The molecule has 0 saturated carbocycles.